The van der Waals surface area contributed by atoms with Crippen LogP contribution in [0.25, 0.3) is 16.8 Å². The summed E-state index contributed by atoms with van der Waals surface area (Å²) in [7, 11) is 3.33. The molecule has 0 radical (unpaired) electrons. The van der Waals surface area contributed by atoms with Crippen molar-refractivity contribution in [1.82, 2.24) is 29.3 Å². The highest BCUT2D eigenvalue weighted by atomic mass is 19.1. The van der Waals surface area contributed by atoms with Gasteiger partial charge in [-0.05, 0) is 31.5 Å². The molecule has 1 N–H and O–H groups in total. The van der Waals surface area contributed by atoms with Crippen LogP contribution in [0.15, 0.2) is 42.7 Å². The number of aromatic nitrogens is 5. The van der Waals surface area contributed by atoms with Gasteiger partial charge in [0, 0.05) is 54.9 Å². The van der Waals surface area contributed by atoms with Crippen molar-refractivity contribution in [3.63, 3.8) is 0 Å². The van der Waals surface area contributed by atoms with Crippen molar-refractivity contribution < 1.29 is 18.7 Å². The summed E-state index contributed by atoms with van der Waals surface area (Å²) >= 11 is 0. The second-order valence-corrected chi connectivity index (χ2v) is 9.84. The van der Waals surface area contributed by atoms with Gasteiger partial charge in [-0.3, -0.25) is 14.4 Å². The van der Waals surface area contributed by atoms with Crippen LogP contribution in [0.4, 0.5) is 10.2 Å². The lowest BCUT2D eigenvalue weighted by Gasteiger charge is -2.39. The van der Waals surface area contributed by atoms with Gasteiger partial charge in [0.05, 0.1) is 25.0 Å². The molecule has 1 saturated heterocycles. The van der Waals surface area contributed by atoms with Crippen molar-refractivity contribution in [2.24, 2.45) is 13.0 Å². The van der Waals surface area contributed by atoms with Crippen LogP contribution < -0.4 is 14.8 Å². The molecule has 0 aromatic carbocycles. The van der Waals surface area contributed by atoms with E-state index in [4.69, 9.17) is 9.47 Å². The van der Waals surface area contributed by atoms with E-state index in [0.717, 1.165) is 25.2 Å². The number of nitrogens with zero attached hydrogens (tertiary/aromatic N) is 6. The molecule has 3 atom stereocenters. The first-order chi connectivity index (χ1) is 18.4. The molecule has 38 heavy (non-hydrogen) atoms. The van der Waals surface area contributed by atoms with Crippen LogP contribution in [0.5, 0.6) is 11.6 Å². The molecule has 1 saturated carbocycles. The summed E-state index contributed by atoms with van der Waals surface area (Å²) in [5, 5.41) is 11.5. The topological polar surface area (TPSA) is 98.8 Å². The maximum absolute atomic E-state index is 15.3. The molecule has 0 spiro atoms. The first kappa shape index (κ1) is 24.4. The van der Waals surface area contributed by atoms with E-state index in [9.17, 15) is 4.79 Å². The van der Waals surface area contributed by atoms with Gasteiger partial charge in [0.2, 0.25) is 11.8 Å². The summed E-state index contributed by atoms with van der Waals surface area (Å²) in [6.07, 6.45) is 4.73. The monoisotopic (exact) mass is 519 g/mol. The van der Waals surface area contributed by atoms with E-state index < -0.39 is 5.82 Å². The number of likely N-dealkylation sites (N-methyl/N-ethyl adjacent to an activating group) is 1. The third-order valence-electron chi connectivity index (χ3n) is 7.53. The van der Waals surface area contributed by atoms with Gasteiger partial charge >= 0.3 is 0 Å². The number of hydrogen-bond donors (Lipinski definition) is 1. The van der Waals surface area contributed by atoms with E-state index >= 15 is 4.39 Å². The molecule has 0 unspecified atom stereocenters. The van der Waals surface area contributed by atoms with Crippen LogP contribution in [0.1, 0.15) is 31.4 Å². The number of anilines is 1. The molecule has 6 rings (SSSR count). The highest BCUT2D eigenvalue weighted by Crippen LogP contribution is 2.47. The second kappa shape index (κ2) is 9.71. The van der Waals surface area contributed by atoms with E-state index in [0.29, 0.717) is 53.3 Å². The van der Waals surface area contributed by atoms with Crippen molar-refractivity contribution in [3.8, 4) is 22.9 Å². The van der Waals surface area contributed by atoms with Crippen LogP contribution in [-0.2, 0) is 11.8 Å². The number of fused-ring (bicyclic) bond motifs is 1. The average Bonchev–Trinajstić information content (AvgIpc) is 3.50. The van der Waals surface area contributed by atoms with Gasteiger partial charge < -0.3 is 14.8 Å². The molecular formula is C27H30FN7O3. The Hall–Kier alpha value is -3.99. The fraction of sp³-hybridized carbons (Fsp3) is 0.407. The van der Waals surface area contributed by atoms with Crippen molar-refractivity contribution in [1.29, 1.82) is 0 Å². The normalized spacial score (nSPS) is 20.8. The fourth-order valence-electron chi connectivity index (χ4n) is 5.15. The Morgan fingerprint density at radius 2 is 2.16 bits per heavy atom. The number of carbonyl (C=O) groups is 1. The van der Waals surface area contributed by atoms with Gasteiger partial charge in [-0.15, -0.1) is 5.10 Å². The van der Waals surface area contributed by atoms with Crippen LogP contribution in [0.2, 0.25) is 0 Å². The van der Waals surface area contributed by atoms with E-state index in [1.54, 1.807) is 43.2 Å². The number of nitrogens with one attached hydrogen (secondary N) is 1. The summed E-state index contributed by atoms with van der Waals surface area (Å²) < 4.78 is 29.6. The van der Waals surface area contributed by atoms with Crippen molar-refractivity contribution in [2.45, 2.75) is 31.7 Å². The lowest BCUT2D eigenvalue weighted by atomic mass is 10.0. The largest absolute Gasteiger partial charge is 0.488 e. The number of rotatable bonds is 9. The first-order valence-electron chi connectivity index (χ1n) is 12.8. The summed E-state index contributed by atoms with van der Waals surface area (Å²) in [6, 6.07) is 9.34. The molecule has 10 nitrogen and oxygen atoms in total. The van der Waals surface area contributed by atoms with Gasteiger partial charge in [0.1, 0.15) is 12.3 Å². The van der Waals surface area contributed by atoms with Crippen molar-refractivity contribution in [2.75, 3.05) is 32.1 Å². The maximum atomic E-state index is 15.3. The molecule has 1 aliphatic carbocycles. The smallest absolute Gasteiger partial charge is 0.229 e. The molecule has 0 bridgehead atoms. The minimum absolute atomic E-state index is 0.0405. The zero-order chi connectivity index (χ0) is 26.4. The summed E-state index contributed by atoms with van der Waals surface area (Å²) in [5.41, 5.74) is 2.39. The number of amides is 1. The quantitative estimate of drug-likeness (QED) is 0.361. The van der Waals surface area contributed by atoms with E-state index in [1.807, 2.05) is 12.1 Å². The number of carbonyl (C=O) groups excluding carboxylic acids is 1. The highest BCUT2D eigenvalue weighted by molar-refractivity contribution is 5.95. The lowest BCUT2D eigenvalue weighted by Crippen LogP contribution is -2.50. The highest BCUT2D eigenvalue weighted by Gasteiger charge is 2.45. The number of halogens is 1. The second-order valence-electron chi connectivity index (χ2n) is 9.84. The van der Waals surface area contributed by atoms with Crippen molar-refractivity contribution >= 4 is 17.2 Å². The first-order valence-corrected chi connectivity index (χ1v) is 12.8. The fourth-order valence-corrected chi connectivity index (χ4v) is 5.15. The summed E-state index contributed by atoms with van der Waals surface area (Å²) in [6.45, 7) is 4.73. The van der Waals surface area contributed by atoms with Gasteiger partial charge in [-0.25, -0.2) is 13.9 Å². The van der Waals surface area contributed by atoms with Crippen LogP contribution >= 0.6 is 0 Å². The van der Waals surface area contributed by atoms with Gasteiger partial charge in [-0.2, -0.15) is 5.10 Å². The Bertz CT molecular complexity index is 1500. The third kappa shape index (κ3) is 4.47. The number of methoxy groups -OCH3 is 1. The lowest BCUT2D eigenvalue weighted by molar-refractivity contribution is -0.117. The summed E-state index contributed by atoms with van der Waals surface area (Å²) in [4.78, 5) is 19.7. The summed E-state index contributed by atoms with van der Waals surface area (Å²) in [5.74, 6) is 0.679. The van der Waals surface area contributed by atoms with Crippen LogP contribution in [-0.4, -0.2) is 68.0 Å². The molecule has 1 aliphatic heterocycles. The maximum Gasteiger partial charge on any atom is 0.229 e. The molecule has 2 aliphatic rings. The third-order valence-corrected chi connectivity index (χ3v) is 7.53. The zero-order valence-corrected chi connectivity index (χ0v) is 21.6. The Labute approximate surface area is 219 Å². The molecule has 198 valence electrons. The van der Waals surface area contributed by atoms with E-state index in [2.05, 4.69) is 32.3 Å². The predicted molar refractivity (Wildman–Crippen MR) is 139 cm³/mol. The van der Waals surface area contributed by atoms with Crippen molar-refractivity contribution in [3.05, 3.63) is 54.2 Å². The van der Waals surface area contributed by atoms with Crippen LogP contribution in [0, 0.1) is 11.7 Å². The number of aryl methyl sites for hydroxylation is 1. The van der Waals surface area contributed by atoms with E-state index in [-0.39, 0.29) is 17.7 Å². The Kier molecular flexibility index (Phi) is 6.22. The minimum Gasteiger partial charge on any atom is -0.488 e. The van der Waals surface area contributed by atoms with E-state index in [1.165, 1.54) is 10.7 Å². The Balaban J connectivity index is 1.18. The number of pyridine rings is 2. The molecule has 4 aromatic rings. The molecule has 4 aromatic heterocycles. The molecule has 11 heteroatoms. The Morgan fingerprint density at radius 3 is 2.92 bits per heavy atom. The van der Waals surface area contributed by atoms with Gasteiger partial charge in [0.15, 0.2) is 17.4 Å². The van der Waals surface area contributed by atoms with Gasteiger partial charge in [-0.1, -0.05) is 13.0 Å². The number of hydrogen-bond acceptors (Lipinski definition) is 7. The zero-order valence-electron chi connectivity index (χ0n) is 21.6. The number of likely N-dealkylation sites (tertiary alicyclic amines) is 1. The number of ether oxygens (including phenoxy) is 2. The average molecular weight is 520 g/mol. The van der Waals surface area contributed by atoms with Crippen LogP contribution in [0.3, 0.4) is 0 Å². The molecular weight excluding hydrogens is 489 g/mol. The van der Waals surface area contributed by atoms with Gasteiger partial charge in [0.25, 0.3) is 0 Å². The predicted octanol–water partition coefficient (Wildman–Crippen LogP) is 3.49. The molecule has 2 fully saturated rings. The molecule has 5 heterocycles. The molecule has 1 amide bonds. The minimum atomic E-state index is -0.461. The Morgan fingerprint density at radius 1 is 1.29 bits per heavy atom. The standard InChI is InChI=1S/C27H30FN7O3/c1-4-34-9-8-16(34)15-38-23-13-29-33(2)26(23)20-10-17-11-24(32-35(17)14-21(20)28)31-27(36)19-12-18(19)22-6-5-7-25(30-22)37-3/h5-7,10-11,13-14,16,18-19H,4,8-9,12,15H2,1-3H3,(H,31,32,36)/t16-,18+,19-/m1/s1. The SMILES string of the molecule is CCN1CC[C@@H]1COc1cnn(C)c1-c1cc2cc(NC(=O)[C@@H]3C[C@@H]3c3cccc(OC)n3)nn2cc1F.